The molecule has 0 spiro atoms. The van der Waals surface area contributed by atoms with Gasteiger partial charge in [-0.25, -0.2) is 4.98 Å². The summed E-state index contributed by atoms with van der Waals surface area (Å²) in [5, 5.41) is 13.9. The highest BCUT2D eigenvalue weighted by Gasteiger charge is 2.12. The van der Waals surface area contributed by atoms with Crippen molar-refractivity contribution in [3.8, 4) is 11.1 Å². The molecule has 0 aliphatic heterocycles. The van der Waals surface area contributed by atoms with Crippen LogP contribution in [0.5, 0.6) is 0 Å². The van der Waals surface area contributed by atoms with Gasteiger partial charge in [-0.2, -0.15) is 4.98 Å². The average Bonchev–Trinajstić information content (AvgIpc) is 2.66. The Morgan fingerprint density at radius 3 is 2.36 bits per heavy atom. The lowest BCUT2D eigenvalue weighted by atomic mass is 10.1. The number of aromatic nitrogens is 3. The van der Waals surface area contributed by atoms with Crippen LogP contribution in [0.4, 0.5) is 11.6 Å². The van der Waals surface area contributed by atoms with E-state index in [2.05, 4.69) is 15.3 Å². The van der Waals surface area contributed by atoms with E-state index in [4.69, 9.17) is 0 Å². The lowest BCUT2D eigenvalue weighted by Gasteiger charge is -2.09. The number of para-hydroxylation sites is 1. The molecule has 0 radical (unpaired) electrons. The lowest BCUT2D eigenvalue weighted by molar-refractivity contribution is 0.187. The lowest BCUT2D eigenvalue weighted by Crippen LogP contribution is -2.21. The van der Waals surface area contributed by atoms with Gasteiger partial charge >= 0.3 is 0 Å². The van der Waals surface area contributed by atoms with Crippen molar-refractivity contribution in [3.05, 3.63) is 83.3 Å². The first kappa shape index (κ1) is 14.9. The normalized spacial score (nSPS) is 10.7. The Balaban J connectivity index is 1.82. The summed E-state index contributed by atoms with van der Waals surface area (Å²) in [5.74, 6) is 0.299. The predicted octanol–water partition coefficient (Wildman–Crippen LogP) is 3.44. The van der Waals surface area contributed by atoms with E-state index in [0.717, 1.165) is 11.3 Å². The smallest absolute Gasteiger partial charge is 0.292 e. The molecular formula is C19H14N4O2. The van der Waals surface area contributed by atoms with Gasteiger partial charge in [-0.1, -0.05) is 48.5 Å². The highest BCUT2D eigenvalue weighted by molar-refractivity contribution is 5.81. The second kappa shape index (κ2) is 6.09. The molecule has 4 rings (SSSR count). The quantitative estimate of drug-likeness (QED) is 0.563. The number of pyridine rings is 1. The van der Waals surface area contributed by atoms with Crippen LogP contribution in [0.25, 0.3) is 22.2 Å². The average molecular weight is 330 g/mol. The molecule has 2 N–H and O–H groups in total. The molecule has 0 saturated carbocycles. The van der Waals surface area contributed by atoms with Gasteiger partial charge < -0.3 is 10.5 Å². The van der Waals surface area contributed by atoms with E-state index >= 15 is 0 Å². The largest absolute Gasteiger partial charge is 0.423 e. The number of nitrogens with one attached hydrogen (secondary N) is 1. The van der Waals surface area contributed by atoms with Crippen LogP contribution in [0.3, 0.4) is 0 Å². The number of fused-ring (bicyclic) bond motifs is 1. The summed E-state index contributed by atoms with van der Waals surface area (Å²) in [6.07, 6.45) is 1.58. The van der Waals surface area contributed by atoms with Crippen molar-refractivity contribution in [2.45, 2.75) is 0 Å². The third-order valence-electron chi connectivity index (χ3n) is 3.83. The molecule has 122 valence electrons. The minimum atomic E-state index is -0.525. The summed E-state index contributed by atoms with van der Waals surface area (Å²) in [6, 6.07) is 20.3. The summed E-state index contributed by atoms with van der Waals surface area (Å²) in [5.41, 5.74) is 1.56. The SMILES string of the molecule is O=c1c(-c2ccccc2)cc2cnc(Nc3ccccc3)nc2n1O. The molecule has 0 saturated heterocycles. The van der Waals surface area contributed by atoms with Gasteiger partial charge in [-0.3, -0.25) is 4.79 Å². The molecule has 2 aromatic carbocycles. The standard InChI is InChI=1S/C19H14N4O2/c24-18-16(13-7-3-1-4-8-13)11-14-12-20-19(22-17(14)23(18)25)21-15-9-5-2-6-10-15/h1-12,25H,(H,20,21,22). The minimum Gasteiger partial charge on any atom is -0.423 e. The molecular weight excluding hydrogens is 316 g/mol. The molecule has 0 atom stereocenters. The van der Waals surface area contributed by atoms with Gasteiger partial charge in [-0.05, 0) is 23.8 Å². The number of hydrogen-bond acceptors (Lipinski definition) is 5. The van der Waals surface area contributed by atoms with E-state index in [9.17, 15) is 10.0 Å². The third kappa shape index (κ3) is 2.81. The van der Waals surface area contributed by atoms with Crippen LogP contribution >= 0.6 is 0 Å². The van der Waals surface area contributed by atoms with Gasteiger partial charge in [0.2, 0.25) is 5.95 Å². The van der Waals surface area contributed by atoms with Gasteiger partial charge in [0.05, 0.1) is 5.56 Å². The van der Waals surface area contributed by atoms with Crippen molar-refractivity contribution in [1.82, 2.24) is 14.7 Å². The van der Waals surface area contributed by atoms with Crippen LogP contribution in [0, 0.1) is 0 Å². The van der Waals surface area contributed by atoms with Crippen molar-refractivity contribution in [2.75, 3.05) is 5.32 Å². The molecule has 25 heavy (non-hydrogen) atoms. The zero-order valence-corrected chi connectivity index (χ0v) is 13.1. The van der Waals surface area contributed by atoms with Gasteiger partial charge in [-0.15, -0.1) is 4.73 Å². The topological polar surface area (TPSA) is 80.0 Å². The number of benzene rings is 2. The van der Waals surface area contributed by atoms with Gasteiger partial charge in [0.25, 0.3) is 5.56 Å². The summed E-state index contributed by atoms with van der Waals surface area (Å²) >= 11 is 0. The molecule has 6 heteroatoms. The minimum absolute atomic E-state index is 0.151. The highest BCUT2D eigenvalue weighted by atomic mass is 16.5. The maximum atomic E-state index is 12.5. The monoisotopic (exact) mass is 330 g/mol. The number of rotatable bonds is 3. The van der Waals surface area contributed by atoms with E-state index in [1.807, 2.05) is 60.7 Å². The van der Waals surface area contributed by atoms with Gasteiger partial charge in [0.1, 0.15) is 0 Å². The molecule has 0 unspecified atom stereocenters. The van der Waals surface area contributed by atoms with E-state index in [1.165, 1.54) is 0 Å². The Morgan fingerprint density at radius 1 is 0.960 bits per heavy atom. The van der Waals surface area contributed by atoms with Crippen molar-refractivity contribution >= 4 is 22.7 Å². The molecule has 6 nitrogen and oxygen atoms in total. The molecule has 2 heterocycles. The van der Waals surface area contributed by atoms with Crippen molar-refractivity contribution < 1.29 is 5.21 Å². The highest BCUT2D eigenvalue weighted by Crippen LogP contribution is 2.20. The van der Waals surface area contributed by atoms with Crippen LogP contribution < -0.4 is 10.9 Å². The van der Waals surface area contributed by atoms with Gasteiger partial charge in [0.15, 0.2) is 5.65 Å². The maximum Gasteiger partial charge on any atom is 0.292 e. The number of hydrogen-bond donors (Lipinski definition) is 2. The van der Waals surface area contributed by atoms with E-state index in [-0.39, 0.29) is 5.65 Å². The van der Waals surface area contributed by atoms with Crippen molar-refractivity contribution in [1.29, 1.82) is 0 Å². The summed E-state index contributed by atoms with van der Waals surface area (Å²) in [6.45, 7) is 0. The van der Waals surface area contributed by atoms with Crippen molar-refractivity contribution in [3.63, 3.8) is 0 Å². The van der Waals surface area contributed by atoms with E-state index < -0.39 is 5.56 Å². The fraction of sp³-hybridized carbons (Fsp3) is 0. The number of anilines is 2. The van der Waals surface area contributed by atoms with Crippen LogP contribution in [-0.2, 0) is 0 Å². The molecule has 0 aliphatic carbocycles. The molecule has 0 aliphatic rings. The Morgan fingerprint density at radius 2 is 1.64 bits per heavy atom. The van der Waals surface area contributed by atoms with Crippen LogP contribution in [0.1, 0.15) is 0 Å². The Labute approximate surface area is 143 Å². The summed E-state index contributed by atoms with van der Waals surface area (Å²) < 4.78 is 0.565. The predicted molar refractivity (Wildman–Crippen MR) is 96.1 cm³/mol. The molecule has 2 aromatic heterocycles. The molecule has 0 amide bonds. The van der Waals surface area contributed by atoms with Gasteiger partial charge in [0, 0.05) is 17.3 Å². The zero-order chi connectivity index (χ0) is 17.2. The Kier molecular flexibility index (Phi) is 3.63. The maximum absolute atomic E-state index is 12.5. The fourth-order valence-electron chi connectivity index (χ4n) is 2.62. The molecule has 0 bridgehead atoms. The Hall–Kier alpha value is -3.67. The third-order valence-corrected chi connectivity index (χ3v) is 3.83. The fourth-order valence-corrected chi connectivity index (χ4v) is 2.62. The number of nitrogens with zero attached hydrogens (tertiary/aromatic N) is 3. The summed E-state index contributed by atoms with van der Waals surface area (Å²) in [4.78, 5) is 21.0. The van der Waals surface area contributed by atoms with E-state index in [1.54, 1.807) is 12.3 Å². The van der Waals surface area contributed by atoms with Crippen LogP contribution in [0.15, 0.2) is 77.7 Å². The Bertz CT molecular complexity index is 1090. The second-order valence-corrected chi connectivity index (χ2v) is 5.50. The van der Waals surface area contributed by atoms with Crippen LogP contribution in [0.2, 0.25) is 0 Å². The van der Waals surface area contributed by atoms with E-state index in [0.29, 0.717) is 21.6 Å². The first-order valence-corrected chi connectivity index (χ1v) is 7.72. The molecule has 0 fully saturated rings. The van der Waals surface area contributed by atoms with Crippen molar-refractivity contribution in [2.24, 2.45) is 0 Å². The zero-order valence-electron chi connectivity index (χ0n) is 13.1. The second-order valence-electron chi connectivity index (χ2n) is 5.50. The summed E-state index contributed by atoms with van der Waals surface area (Å²) in [7, 11) is 0. The first-order valence-electron chi connectivity index (χ1n) is 7.72. The molecule has 4 aromatic rings. The van der Waals surface area contributed by atoms with Crippen LogP contribution in [-0.4, -0.2) is 19.9 Å². The first-order chi connectivity index (χ1) is 12.2.